The molecule has 0 aliphatic rings. The number of hydrogen-bond donors (Lipinski definition) is 2. The van der Waals surface area contributed by atoms with Gasteiger partial charge in [-0.1, -0.05) is 12.1 Å². The third-order valence-corrected chi connectivity index (χ3v) is 2.47. The Morgan fingerprint density at radius 2 is 1.88 bits per heavy atom. The van der Waals surface area contributed by atoms with Gasteiger partial charge in [0.05, 0.1) is 5.69 Å². The van der Waals surface area contributed by atoms with Crippen LogP contribution in [0.3, 0.4) is 0 Å². The summed E-state index contributed by atoms with van der Waals surface area (Å²) in [6.07, 6.45) is 1.01. The van der Waals surface area contributed by atoms with Gasteiger partial charge in [0.25, 0.3) is 0 Å². The molecule has 0 radical (unpaired) electrons. The first-order valence-electron chi connectivity index (χ1n) is 5.13. The highest BCUT2D eigenvalue weighted by atomic mass is 16.3. The van der Waals surface area contributed by atoms with Crippen LogP contribution in [-0.4, -0.2) is 10.1 Å². The number of aliphatic hydroxyl groups excluding tert-OH is 1. The fraction of sp³-hybridized carbons (Fsp3) is 0.154. The summed E-state index contributed by atoms with van der Waals surface area (Å²) in [6, 6.07) is 10.9. The highest BCUT2D eigenvalue weighted by Gasteiger charge is 2.11. The molecule has 1 atom stereocenters. The van der Waals surface area contributed by atoms with Gasteiger partial charge in [0, 0.05) is 11.9 Å². The van der Waals surface area contributed by atoms with E-state index < -0.39 is 6.10 Å². The van der Waals surface area contributed by atoms with E-state index in [4.69, 9.17) is 5.73 Å². The second kappa shape index (κ2) is 4.33. The molecule has 2 aromatic rings. The van der Waals surface area contributed by atoms with Crippen LogP contribution in [0.15, 0.2) is 42.6 Å². The molecule has 0 aliphatic heterocycles. The van der Waals surface area contributed by atoms with Crippen LogP contribution in [-0.2, 0) is 0 Å². The quantitative estimate of drug-likeness (QED) is 0.752. The van der Waals surface area contributed by atoms with Gasteiger partial charge in [0.2, 0.25) is 0 Å². The Balaban J connectivity index is 2.31. The molecule has 16 heavy (non-hydrogen) atoms. The molecule has 82 valence electrons. The van der Waals surface area contributed by atoms with Gasteiger partial charge in [-0.25, -0.2) is 0 Å². The lowest BCUT2D eigenvalue weighted by molar-refractivity contribution is 0.215. The second-order valence-corrected chi connectivity index (χ2v) is 3.83. The van der Waals surface area contributed by atoms with E-state index >= 15 is 0 Å². The minimum atomic E-state index is -0.694. The van der Waals surface area contributed by atoms with Crippen molar-refractivity contribution in [1.29, 1.82) is 0 Å². The predicted molar refractivity (Wildman–Crippen MR) is 63.9 cm³/mol. The van der Waals surface area contributed by atoms with Crippen LogP contribution in [0.25, 0.3) is 0 Å². The van der Waals surface area contributed by atoms with E-state index in [-0.39, 0.29) is 0 Å². The minimum Gasteiger partial charge on any atom is -0.399 e. The van der Waals surface area contributed by atoms with E-state index in [1.54, 1.807) is 18.3 Å². The molecule has 0 aliphatic carbocycles. The molecular formula is C13H14N2O. The zero-order chi connectivity index (χ0) is 11.5. The van der Waals surface area contributed by atoms with Crippen LogP contribution >= 0.6 is 0 Å². The van der Waals surface area contributed by atoms with Gasteiger partial charge >= 0.3 is 0 Å². The Bertz CT molecular complexity index is 480. The average molecular weight is 214 g/mol. The van der Waals surface area contributed by atoms with Crippen LogP contribution < -0.4 is 5.73 Å². The van der Waals surface area contributed by atoms with Gasteiger partial charge < -0.3 is 10.8 Å². The van der Waals surface area contributed by atoms with Gasteiger partial charge in [-0.3, -0.25) is 4.98 Å². The summed E-state index contributed by atoms with van der Waals surface area (Å²) in [5.74, 6) is 0. The number of benzene rings is 1. The summed E-state index contributed by atoms with van der Waals surface area (Å²) in [7, 11) is 0. The van der Waals surface area contributed by atoms with Crippen LogP contribution in [0, 0.1) is 6.92 Å². The number of aryl methyl sites for hydroxylation is 1. The first kappa shape index (κ1) is 10.6. The van der Waals surface area contributed by atoms with Crippen molar-refractivity contribution in [3.63, 3.8) is 0 Å². The summed E-state index contributed by atoms with van der Waals surface area (Å²) in [4.78, 5) is 4.16. The summed E-state index contributed by atoms with van der Waals surface area (Å²) in [6.45, 7) is 1.97. The molecule has 1 heterocycles. The number of pyridine rings is 1. The fourth-order valence-electron chi connectivity index (χ4n) is 1.56. The zero-order valence-electron chi connectivity index (χ0n) is 9.09. The number of hydrogen-bond acceptors (Lipinski definition) is 3. The molecule has 1 aromatic heterocycles. The van der Waals surface area contributed by atoms with E-state index in [2.05, 4.69) is 4.98 Å². The lowest BCUT2D eigenvalue weighted by Gasteiger charge is -2.11. The van der Waals surface area contributed by atoms with Crippen LogP contribution in [0.2, 0.25) is 0 Å². The smallest absolute Gasteiger partial charge is 0.121 e. The average Bonchev–Trinajstić information content (AvgIpc) is 2.29. The highest BCUT2D eigenvalue weighted by molar-refractivity contribution is 5.41. The van der Waals surface area contributed by atoms with Crippen LogP contribution in [0.5, 0.6) is 0 Å². The van der Waals surface area contributed by atoms with Crippen molar-refractivity contribution in [2.75, 3.05) is 5.73 Å². The largest absolute Gasteiger partial charge is 0.399 e. The number of nitrogens with two attached hydrogens (primary N) is 1. The summed E-state index contributed by atoms with van der Waals surface area (Å²) in [5, 5.41) is 10.1. The van der Waals surface area contributed by atoms with Crippen molar-refractivity contribution in [2.45, 2.75) is 13.0 Å². The number of anilines is 1. The minimum absolute atomic E-state index is 0.657. The van der Waals surface area contributed by atoms with Crippen molar-refractivity contribution >= 4 is 5.69 Å². The fourth-order valence-corrected chi connectivity index (χ4v) is 1.56. The van der Waals surface area contributed by atoms with Crippen molar-refractivity contribution in [3.05, 3.63) is 59.4 Å². The maximum Gasteiger partial charge on any atom is 0.121 e. The molecule has 3 nitrogen and oxygen atoms in total. The van der Waals surface area contributed by atoms with E-state index in [1.807, 2.05) is 31.2 Å². The van der Waals surface area contributed by atoms with Gasteiger partial charge in [0.1, 0.15) is 6.10 Å². The SMILES string of the molecule is Cc1ccnc(C(O)c2ccc(N)cc2)c1. The van der Waals surface area contributed by atoms with Crippen molar-refractivity contribution < 1.29 is 5.11 Å². The second-order valence-electron chi connectivity index (χ2n) is 3.83. The first-order valence-corrected chi connectivity index (χ1v) is 5.13. The number of rotatable bonds is 2. The molecule has 2 rings (SSSR count). The number of aromatic nitrogens is 1. The lowest BCUT2D eigenvalue weighted by Crippen LogP contribution is -2.02. The highest BCUT2D eigenvalue weighted by Crippen LogP contribution is 2.21. The Morgan fingerprint density at radius 1 is 1.19 bits per heavy atom. The topological polar surface area (TPSA) is 59.1 Å². The summed E-state index contributed by atoms with van der Waals surface area (Å²) < 4.78 is 0. The van der Waals surface area contributed by atoms with Crippen molar-refractivity contribution in [2.24, 2.45) is 0 Å². The van der Waals surface area contributed by atoms with Gasteiger partial charge in [-0.2, -0.15) is 0 Å². The molecule has 0 fully saturated rings. The summed E-state index contributed by atoms with van der Waals surface area (Å²) in [5.41, 5.74) is 8.82. The predicted octanol–water partition coefficient (Wildman–Crippen LogP) is 2.05. The van der Waals surface area contributed by atoms with E-state index in [1.165, 1.54) is 0 Å². The standard InChI is InChI=1S/C13H14N2O/c1-9-6-7-15-12(8-9)13(16)10-2-4-11(14)5-3-10/h2-8,13,16H,14H2,1H3. The number of nitrogens with zero attached hydrogens (tertiary/aromatic N) is 1. The normalized spacial score (nSPS) is 12.4. The molecular weight excluding hydrogens is 200 g/mol. The molecule has 0 spiro atoms. The molecule has 1 aromatic carbocycles. The van der Waals surface area contributed by atoms with Crippen molar-refractivity contribution in [3.8, 4) is 0 Å². The Labute approximate surface area is 94.6 Å². The monoisotopic (exact) mass is 214 g/mol. The molecule has 1 unspecified atom stereocenters. The van der Waals surface area contributed by atoms with Gasteiger partial charge in [0.15, 0.2) is 0 Å². The van der Waals surface area contributed by atoms with E-state index in [0.717, 1.165) is 11.1 Å². The molecule has 0 amide bonds. The first-order chi connectivity index (χ1) is 7.66. The number of aliphatic hydroxyl groups is 1. The van der Waals surface area contributed by atoms with Gasteiger partial charge in [-0.05, 0) is 42.3 Å². The van der Waals surface area contributed by atoms with Crippen LogP contribution in [0.1, 0.15) is 22.9 Å². The summed E-state index contributed by atoms with van der Waals surface area (Å²) >= 11 is 0. The third-order valence-electron chi connectivity index (χ3n) is 2.47. The zero-order valence-corrected chi connectivity index (χ0v) is 9.09. The van der Waals surface area contributed by atoms with Crippen molar-refractivity contribution in [1.82, 2.24) is 4.98 Å². The Morgan fingerprint density at radius 3 is 2.50 bits per heavy atom. The molecule has 3 N–H and O–H groups in total. The molecule has 3 heteroatoms. The van der Waals surface area contributed by atoms with Gasteiger partial charge in [-0.15, -0.1) is 0 Å². The number of nitrogen functional groups attached to an aromatic ring is 1. The Kier molecular flexibility index (Phi) is 2.88. The molecule has 0 saturated heterocycles. The molecule has 0 bridgehead atoms. The maximum atomic E-state index is 10.1. The molecule has 0 saturated carbocycles. The third kappa shape index (κ3) is 2.20. The maximum absolute atomic E-state index is 10.1. The Hall–Kier alpha value is -1.87. The van der Waals surface area contributed by atoms with Crippen LogP contribution in [0.4, 0.5) is 5.69 Å². The van der Waals surface area contributed by atoms with E-state index in [0.29, 0.717) is 11.4 Å². The van der Waals surface area contributed by atoms with E-state index in [9.17, 15) is 5.11 Å². The lowest BCUT2D eigenvalue weighted by atomic mass is 10.0.